The molecule has 0 aliphatic carbocycles. The molecule has 3 atom stereocenters. The van der Waals surface area contributed by atoms with Crippen LogP contribution in [0.25, 0.3) is 0 Å². The Labute approximate surface area is 100 Å². The average molecular weight is 278 g/mol. The number of rotatable bonds is 4. The van der Waals surface area contributed by atoms with Crippen molar-refractivity contribution in [3.63, 3.8) is 0 Å². The van der Waals surface area contributed by atoms with Gasteiger partial charge in [-0.25, -0.2) is 0 Å². The van der Waals surface area contributed by atoms with Crippen LogP contribution in [0.2, 0.25) is 0 Å². The maximum atomic E-state index is 12.0. The average Bonchev–Trinajstić information content (AvgIpc) is 2.64. The second-order valence-corrected chi connectivity index (χ2v) is 5.07. The van der Waals surface area contributed by atoms with Crippen LogP contribution >= 0.6 is 15.9 Å². The van der Waals surface area contributed by atoms with Crippen LogP contribution in [-0.4, -0.2) is 29.5 Å². The van der Waals surface area contributed by atoms with Gasteiger partial charge in [0.25, 0.3) is 0 Å². The van der Waals surface area contributed by atoms with Crippen LogP contribution in [-0.2, 0) is 9.53 Å². The van der Waals surface area contributed by atoms with E-state index < -0.39 is 0 Å². The fourth-order valence-corrected chi connectivity index (χ4v) is 2.22. The van der Waals surface area contributed by atoms with Crippen molar-refractivity contribution in [2.75, 3.05) is 11.9 Å². The van der Waals surface area contributed by atoms with Crippen molar-refractivity contribution in [1.29, 1.82) is 0 Å². The van der Waals surface area contributed by atoms with Gasteiger partial charge in [-0.1, -0.05) is 22.9 Å². The molecule has 15 heavy (non-hydrogen) atoms. The molecule has 1 fully saturated rings. The molecule has 0 aromatic heterocycles. The normalized spacial score (nSPS) is 29.9. The van der Waals surface area contributed by atoms with Crippen LogP contribution in [0.15, 0.2) is 0 Å². The van der Waals surface area contributed by atoms with Crippen LogP contribution in [0.5, 0.6) is 0 Å². The van der Waals surface area contributed by atoms with Gasteiger partial charge in [-0.2, -0.15) is 0 Å². The van der Waals surface area contributed by atoms with Crippen molar-refractivity contribution in [1.82, 2.24) is 5.32 Å². The molecule has 1 aliphatic heterocycles. The zero-order valence-electron chi connectivity index (χ0n) is 9.68. The maximum absolute atomic E-state index is 12.0. The first-order chi connectivity index (χ1) is 7.02. The third-order valence-electron chi connectivity index (χ3n) is 3.21. The van der Waals surface area contributed by atoms with E-state index in [2.05, 4.69) is 35.1 Å². The highest BCUT2D eigenvalue weighted by molar-refractivity contribution is 9.09. The predicted molar refractivity (Wildman–Crippen MR) is 64.2 cm³/mol. The topological polar surface area (TPSA) is 38.3 Å². The molecular formula is C11H20BrNO2. The van der Waals surface area contributed by atoms with Gasteiger partial charge in [-0.3, -0.25) is 4.79 Å². The lowest BCUT2D eigenvalue weighted by Crippen LogP contribution is -2.50. The van der Waals surface area contributed by atoms with Crippen LogP contribution in [0.3, 0.4) is 0 Å². The summed E-state index contributed by atoms with van der Waals surface area (Å²) in [5, 5.41) is 3.88. The summed E-state index contributed by atoms with van der Waals surface area (Å²) < 4.78 is 5.40. The number of nitrogens with one attached hydrogen (secondary N) is 1. The summed E-state index contributed by atoms with van der Waals surface area (Å²) in [5.41, 5.74) is -0.139. The molecule has 1 aliphatic rings. The van der Waals surface area contributed by atoms with Gasteiger partial charge in [-0.15, -0.1) is 0 Å². The first-order valence-corrected chi connectivity index (χ1v) is 6.64. The summed E-state index contributed by atoms with van der Waals surface area (Å²) in [5.74, 6) is 0.152. The summed E-state index contributed by atoms with van der Waals surface area (Å²) in [7, 11) is 0. The van der Waals surface area contributed by atoms with E-state index in [1.807, 2.05) is 6.92 Å². The molecule has 4 heteroatoms. The van der Waals surface area contributed by atoms with Crippen LogP contribution in [0.1, 0.15) is 33.6 Å². The van der Waals surface area contributed by atoms with Crippen molar-refractivity contribution in [3.05, 3.63) is 0 Å². The molecular weight excluding hydrogens is 258 g/mol. The van der Waals surface area contributed by atoms with E-state index in [9.17, 15) is 4.79 Å². The quantitative estimate of drug-likeness (QED) is 0.800. The number of alkyl halides is 1. The smallest absolute Gasteiger partial charge is 0.226 e. The predicted octanol–water partition coefficient (Wildman–Crippen LogP) is 2.09. The summed E-state index contributed by atoms with van der Waals surface area (Å²) in [4.78, 5) is 12.0. The minimum absolute atomic E-state index is 0.0231. The minimum atomic E-state index is -0.139. The van der Waals surface area contributed by atoms with E-state index in [1.165, 1.54) is 0 Å². The van der Waals surface area contributed by atoms with E-state index >= 15 is 0 Å². The lowest BCUT2D eigenvalue weighted by Gasteiger charge is -2.29. The molecule has 0 spiro atoms. The first-order valence-electron chi connectivity index (χ1n) is 5.52. The molecule has 1 heterocycles. The van der Waals surface area contributed by atoms with Gasteiger partial charge < -0.3 is 10.1 Å². The number of hydrogen-bond donors (Lipinski definition) is 1. The Kier molecular flexibility index (Phi) is 4.59. The van der Waals surface area contributed by atoms with E-state index in [-0.39, 0.29) is 23.5 Å². The van der Waals surface area contributed by atoms with Gasteiger partial charge in [0.05, 0.1) is 12.0 Å². The van der Waals surface area contributed by atoms with E-state index in [0.29, 0.717) is 6.61 Å². The number of carbonyl (C=O) groups excluding carboxylic acids is 1. The fourth-order valence-electron chi connectivity index (χ4n) is 1.68. The number of carbonyl (C=O) groups is 1. The minimum Gasteiger partial charge on any atom is -0.378 e. The Balaban J connectivity index is 2.54. The second kappa shape index (κ2) is 5.30. The molecule has 0 aromatic carbocycles. The highest BCUT2D eigenvalue weighted by Crippen LogP contribution is 2.22. The molecule has 1 amide bonds. The number of hydrogen-bond acceptors (Lipinski definition) is 2. The SMILES string of the molecule is CCC(C)(CBr)NC(=O)C1CCOC1C. The summed E-state index contributed by atoms with van der Waals surface area (Å²) in [6.07, 6.45) is 1.82. The van der Waals surface area contributed by atoms with Crippen molar-refractivity contribution in [2.45, 2.75) is 45.3 Å². The lowest BCUT2D eigenvalue weighted by molar-refractivity contribution is -0.127. The van der Waals surface area contributed by atoms with E-state index in [4.69, 9.17) is 4.74 Å². The van der Waals surface area contributed by atoms with Gasteiger partial charge in [0.15, 0.2) is 0 Å². The number of halogens is 1. The molecule has 1 N–H and O–H groups in total. The van der Waals surface area contributed by atoms with Crippen molar-refractivity contribution < 1.29 is 9.53 Å². The van der Waals surface area contributed by atoms with Crippen LogP contribution < -0.4 is 5.32 Å². The molecule has 0 bridgehead atoms. The third kappa shape index (κ3) is 3.18. The lowest BCUT2D eigenvalue weighted by atomic mass is 9.97. The molecule has 1 saturated heterocycles. The molecule has 0 radical (unpaired) electrons. The van der Waals surface area contributed by atoms with Gasteiger partial charge in [0, 0.05) is 17.5 Å². The third-order valence-corrected chi connectivity index (χ3v) is 4.45. The fraction of sp³-hybridized carbons (Fsp3) is 0.909. The Bertz CT molecular complexity index is 229. The highest BCUT2D eigenvalue weighted by Gasteiger charge is 2.34. The molecule has 3 unspecified atom stereocenters. The Morgan fingerprint density at radius 3 is 2.73 bits per heavy atom. The second-order valence-electron chi connectivity index (χ2n) is 4.51. The Morgan fingerprint density at radius 2 is 2.33 bits per heavy atom. The molecule has 1 rings (SSSR count). The molecule has 3 nitrogen and oxygen atoms in total. The Morgan fingerprint density at radius 1 is 1.67 bits per heavy atom. The monoisotopic (exact) mass is 277 g/mol. The van der Waals surface area contributed by atoms with Crippen molar-refractivity contribution in [3.8, 4) is 0 Å². The van der Waals surface area contributed by atoms with Crippen LogP contribution in [0, 0.1) is 5.92 Å². The van der Waals surface area contributed by atoms with Gasteiger partial charge in [-0.05, 0) is 26.7 Å². The standard InChI is InChI=1S/C11H20BrNO2/c1-4-11(3,7-12)13-10(14)9-5-6-15-8(9)2/h8-9H,4-7H2,1-3H3,(H,13,14). The van der Waals surface area contributed by atoms with Gasteiger partial charge in [0.1, 0.15) is 0 Å². The van der Waals surface area contributed by atoms with Crippen LogP contribution in [0.4, 0.5) is 0 Å². The summed E-state index contributed by atoms with van der Waals surface area (Å²) in [6.45, 7) is 6.81. The van der Waals surface area contributed by atoms with Gasteiger partial charge >= 0.3 is 0 Å². The van der Waals surface area contributed by atoms with Crippen molar-refractivity contribution >= 4 is 21.8 Å². The highest BCUT2D eigenvalue weighted by atomic mass is 79.9. The number of ether oxygens (including phenoxy) is 1. The van der Waals surface area contributed by atoms with E-state index in [1.54, 1.807) is 0 Å². The summed E-state index contributed by atoms with van der Waals surface area (Å²) >= 11 is 3.44. The number of amides is 1. The zero-order chi connectivity index (χ0) is 11.5. The Hall–Kier alpha value is -0.0900. The maximum Gasteiger partial charge on any atom is 0.226 e. The zero-order valence-corrected chi connectivity index (χ0v) is 11.3. The molecule has 88 valence electrons. The molecule has 0 saturated carbocycles. The van der Waals surface area contributed by atoms with E-state index in [0.717, 1.165) is 18.2 Å². The molecule has 0 aromatic rings. The summed E-state index contributed by atoms with van der Waals surface area (Å²) in [6, 6.07) is 0. The van der Waals surface area contributed by atoms with Gasteiger partial charge in [0.2, 0.25) is 5.91 Å². The first kappa shape index (κ1) is 13.0. The van der Waals surface area contributed by atoms with Crippen molar-refractivity contribution in [2.24, 2.45) is 5.92 Å². The largest absolute Gasteiger partial charge is 0.378 e.